The van der Waals surface area contributed by atoms with E-state index in [2.05, 4.69) is 0 Å². The molecule has 0 spiro atoms. The largest absolute Gasteiger partial charge is 0.424 e. The molecule has 1 aromatic rings. The number of rotatable bonds is 5. The minimum Gasteiger partial charge on any atom is -0.424 e. The summed E-state index contributed by atoms with van der Waals surface area (Å²) < 4.78 is 5.17. The molecular weight excluding hydrogens is 246 g/mol. The van der Waals surface area contributed by atoms with Gasteiger partial charge < -0.3 is 4.74 Å². The van der Waals surface area contributed by atoms with Crippen LogP contribution < -0.4 is 9.80 Å². The Morgan fingerprint density at radius 3 is 2.47 bits per heavy atom. The highest BCUT2D eigenvalue weighted by Crippen LogP contribution is 2.29. The van der Waals surface area contributed by atoms with Crippen molar-refractivity contribution in [1.29, 1.82) is 0 Å². The van der Waals surface area contributed by atoms with Crippen LogP contribution in [-0.2, 0) is 14.4 Å². The summed E-state index contributed by atoms with van der Waals surface area (Å²) in [5.74, 6) is -0.0697. The first-order chi connectivity index (χ1) is 8.87. The van der Waals surface area contributed by atoms with Gasteiger partial charge in [-0.2, -0.15) is 5.06 Å². The molecule has 0 radical (unpaired) electrons. The van der Waals surface area contributed by atoms with Gasteiger partial charge in [-0.05, 0) is 32.9 Å². The Balaban J connectivity index is 3.03. The molecule has 5 nitrogen and oxygen atoms in total. The summed E-state index contributed by atoms with van der Waals surface area (Å²) in [4.78, 5) is 28.0. The lowest BCUT2D eigenvalue weighted by atomic mass is 10.2. The van der Waals surface area contributed by atoms with E-state index in [1.807, 2.05) is 20.8 Å². The smallest absolute Gasteiger partial charge is 0.310 e. The van der Waals surface area contributed by atoms with Crippen LogP contribution in [0.1, 0.15) is 34.1 Å². The van der Waals surface area contributed by atoms with Crippen molar-refractivity contribution in [2.75, 3.05) is 5.06 Å². The molecule has 104 valence electrons. The Morgan fingerprint density at radius 2 is 1.95 bits per heavy atom. The third kappa shape index (κ3) is 4.71. The van der Waals surface area contributed by atoms with E-state index in [1.54, 1.807) is 31.2 Å². The van der Waals surface area contributed by atoms with E-state index in [9.17, 15) is 9.59 Å². The van der Waals surface area contributed by atoms with E-state index >= 15 is 0 Å². The summed E-state index contributed by atoms with van der Waals surface area (Å²) >= 11 is 0. The fourth-order valence-electron chi connectivity index (χ4n) is 1.34. The molecule has 0 aliphatic heterocycles. The zero-order valence-electron chi connectivity index (χ0n) is 11.7. The van der Waals surface area contributed by atoms with Crippen molar-refractivity contribution in [3.05, 3.63) is 24.3 Å². The van der Waals surface area contributed by atoms with Crippen LogP contribution in [0, 0.1) is 0 Å². The van der Waals surface area contributed by atoms with E-state index < -0.39 is 5.60 Å². The zero-order chi connectivity index (χ0) is 14.5. The molecule has 0 saturated heterocycles. The summed E-state index contributed by atoms with van der Waals surface area (Å²) in [5, 5.41) is 1.07. The maximum absolute atomic E-state index is 11.4. The van der Waals surface area contributed by atoms with Gasteiger partial charge in [0.25, 0.3) is 0 Å². The van der Waals surface area contributed by atoms with Gasteiger partial charge >= 0.3 is 5.97 Å². The lowest BCUT2D eigenvalue weighted by molar-refractivity contribution is -0.134. The van der Waals surface area contributed by atoms with Gasteiger partial charge in [0, 0.05) is 6.42 Å². The van der Waals surface area contributed by atoms with Gasteiger partial charge in [0.2, 0.25) is 6.41 Å². The number of ether oxygens (including phenoxy) is 1. The molecule has 0 aromatic heterocycles. The second-order valence-electron chi connectivity index (χ2n) is 4.93. The van der Waals surface area contributed by atoms with E-state index in [-0.39, 0.29) is 12.4 Å². The van der Waals surface area contributed by atoms with Gasteiger partial charge in [0.15, 0.2) is 5.75 Å². The number of hydrogen-bond acceptors (Lipinski definition) is 4. The first kappa shape index (κ1) is 15.2. The molecule has 0 aliphatic rings. The van der Waals surface area contributed by atoms with Gasteiger partial charge in [-0.15, -0.1) is 0 Å². The van der Waals surface area contributed by atoms with Crippen LogP contribution in [-0.4, -0.2) is 18.0 Å². The molecule has 1 aromatic carbocycles. The molecule has 19 heavy (non-hydrogen) atoms. The lowest BCUT2D eigenvalue weighted by Gasteiger charge is -2.27. The molecular formula is C14H19NO4. The third-order valence-electron chi connectivity index (χ3n) is 2.08. The number of esters is 1. The summed E-state index contributed by atoms with van der Waals surface area (Å²) in [6.45, 7) is 7.17. The van der Waals surface area contributed by atoms with Crippen molar-refractivity contribution in [3.8, 4) is 5.75 Å². The van der Waals surface area contributed by atoms with Crippen LogP contribution in [0.5, 0.6) is 5.75 Å². The van der Waals surface area contributed by atoms with Crippen LogP contribution in [0.2, 0.25) is 0 Å². The van der Waals surface area contributed by atoms with Crippen molar-refractivity contribution in [3.63, 3.8) is 0 Å². The fraction of sp³-hybridized carbons (Fsp3) is 0.429. The highest BCUT2D eigenvalue weighted by Gasteiger charge is 2.20. The van der Waals surface area contributed by atoms with Gasteiger partial charge in [-0.1, -0.05) is 19.1 Å². The normalized spacial score (nSPS) is 10.9. The number of nitrogens with zero attached hydrogens (tertiary/aromatic N) is 1. The number of carbonyl (C=O) groups is 2. The first-order valence-electron chi connectivity index (χ1n) is 6.10. The van der Waals surface area contributed by atoms with Gasteiger partial charge in [-0.3, -0.25) is 14.4 Å². The molecule has 0 unspecified atom stereocenters. The predicted molar refractivity (Wildman–Crippen MR) is 71.7 cm³/mol. The summed E-state index contributed by atoms with van der Waals surface area (Å²) in [7, 11) is 0. The van der Waals surface area contributed by atoms with Crippen LogP contribution in [0.3, 0.4) is 0 Å². The summed E-state index contributed by atoms with van der Waals surface area (Å²) in [6.07, 6.45) is 0.805. The van der Waals surface area contributed by atoms with Crippen LogP contribution in [0.25, 0.3) is 0 Å². The minimum atomic E-state index is -0.539. The molecule has 1 rings (SSSR count). The van der Waals surface area contributed by atoms with E-state index in [4.69, 9.17) is 9.57 Å². The lowest BCUT2D eigenvalue weighted by Crippen LogP contribution is -2.33. The Kier molecular flexibility index (Phi) is 5.06. The minimum absolute atomic E-state index is 0.259. The van der Waals surface area contributed by atoms with Crippen molar-refractivity contribution >= 4 is 18.1 Å². The monoisotopic (exact) mass is 265 g/mol. The molecule has 0 heterocycles. The van der Waals surface area contributed by atoms with Crippen molar-refractivity contribution in [1.82, 2.24) is 0 Å². The molecule has 5 heteroatoms. The number of anilines is 1. The van der Waals surface area contributed by atoms with Crippen molar-refractivity contribution in [2.24, 2.45) is 0 Å². The van der Waals surface area contributed by atoms with Crippen molar-refractivity contribution in [2.45, 2.75) is 39.7 Å². The fourth-order valence-corrected chi connectivity index (χ4v) is 1.34. The molecule has 0 fully saturated rings. The van der Waals surface area contributed by atoms with Gasteiger partial charge in [0.05, 0.1) is 5.60 Å². The number of amides is 1. The zero-order valence-corrected chi connectivity index (χ0v) is 11.7. The number of para-hydroxylation sites is 2. The Labute approximate surface area is 113 Å². The average molecular weight is 265 g/mol. The maximum Gasteiger partial charge on any atom is 0.310 e. The highest BCUT2D eigenvalue weighted by molar-refractivity contribution is 5.80. The second-order valence-corrected chi connectivity index (χ2v) is 4.93. The maximum atomic E-state index is 11.4. The number of carbonyl (C=O) groups excluding carboxylic acids is 2. The Bertz CT molecular complexity index is 451. The topological polar surface area (TPSA) is 55.8 Å². The quantitative estimate of drug-likeness (QED) is 0.355. The van der Waals surface area contributed by atoms with Gasteiger partial charge in [0.1, 0.15) is 5.69 Å². The van der Waals surface area contributed by atoms with Crippen molar-refractivity contribution < 1.29 is 19.2 Å². The number of hydrogen-bond donors (Lipinski definition) is 0. The first-order valence-corrected chi connectivity index (χ1v) is 6.10. The Hall–Kier alpha value is -1.88. The molecule has 1 amide bonds. The van der Waals surface area contributed by atoms with Gasteiger partial charge in [-0.25, -0.2) is 0 Å². The molecule has 0 aliphatic carbocycles. The number of benzene rings is 1. The highest BCUT2D eigenvalue weighted by atomic mass is 16.7. The third-order valence-corrected chi connectivity index (χ3v) is 2.08. The molecule has 0 atom stereocenters. The molecule has 0 bridgehead atoms. The van der Waals surface area contributed by atoms with Crippen LogP contribution in [0.15, 0.2) is 24.3 Å². The molecule has 0 N–H and O–H groups in total. The number of hydroxylamine groups is 1. The van der Waals surface area contributed by atoms with E-state index in [1.165, 1.54) is 0 Å². The van der Waals surface area contributed by atoms with E-state index in [0.717, 1.165) is 5.06 Å². The predicted octanol–water partition coefficient (Wildman–Crippen LogP) is 2.69. The second kappa shape index (κ2) is 6.33. The molecule has 0 saturated carbocycles. The summed E-state index contributed by atoms with van der Waals surface area (Å²) in [5.41, 5.74) is -0.141. The average Bonchev–Trinajstić information content (AvgIpc) is 2.35. The Morgan fingerprint density at radius 1 is 1.32 bits per heavy atom. The summed E-state index contributed by atoms with van der Waals surface area (Å²) in [6, 6.07) is 6.73. The van der Waals surface area contributed by atoms with E-state index in [0.29, 0.717) is 17.8 Å². The standard InChI is InChI=1S/C14H19NO4/c1-5-13(17)18-12-9-7-6-8-11(12)15(10-16)19-14(2,3)4/h6-10H,5H2,1-4H3. The van der Waals surface area contributed by atoms with Crippen LogP contribution >= 0.6 is 0 Å². The van der Waals surface area contributed by atoms with Crippen LogP contribution in [0.4, 0.5) is 5.69 Å². The SMILES string of the molecule is CCC(=O)Oc1ccccc1N(C=O)OC(C)(C)C.